The summed E-state index contributed by atoms with van der Waals surface area (Å²) < 4.78 is 0. The molecule has 146 valence electrons. The number of hydrogen-bond acceptors (Lipinski definition) is 6. The highest BCUT2D eigenvalue weighted by Gasteiger charge is 2.36. The Morgan fingerprint density at radius 3 is 2.43 bits per heavy atom. The van der Waals surface area contributed by atoms with Gasteiger partial charge in [-0.25, -0.2) is 9.59 Å². The maximum absolute atomic E-state index is 10.9. The van der Waals surface area contributed by atoms with Crippen molar-refractivity contribution < 1.29 is 29.7 Å². The lowest BCUT2D eigenvalue weighted by Gasteiger charge is -2.24. The molecule has 6 N–H and O–H groups in total. The third-order valence-corrected chi connectivity index (χ3v) is 3.94. The SMILES string of the molecule is CC1(C(=O)O)C=C(N)C=C(C(=O)O)C1.O=C(O)c1cn[nH]c1-c1ccccn1. The van der Waals surface area contributed by atoms with Crippen molar-refractivity contribution in [1.29, 1.82) is 0 Å². The van der Waals surface area contributed by atoms with Crippen LogP contribution >= 0.6 is 0 Å². The first-order chi connectivity index (χ1) is 13.1. The normalized spacial score (nSPS) is 18.2. The van der Waals surface area contributed by atoms with Gasteiger partial charge in [0.2, 0.25) is 0 Å². The van der Waals surface area contributed by atoms with Crippen LogP contribution in [0.15, 0.2) is 54.0 Å². The fraction of sp³-hybridized carbons (Fsp3) is 0.167. The van der Waals surface area contributed by atoms with Crippen molar-refractivity contribution in [1.82, 2.24) is 15.2 Å². The standard InChI is InChI=1S/C9H7N3O2.C9H11NO4/c13-9(14)6-5-11-12-8(6)7-3-1-2-4-10-7;1-9(8(13)14)3-5(7(11)12)2-6(10)4-9/h1-5H,(H,11,12)(H,13,14);2,4H,3,10H2,1H3,(H,11,12)(H,13,14). The van der Waals surface area contributed by atoms with Crippen LogP contribution in [0.3, 0.4) is 0 Å². The Balaban J connectivity index is 0.000000200. The Hall–Kier alpha value is -3.95. The van der Waals surface area contributed by atoms with Crippen LogP contribution in [0.2, 0.25) is 0 Å². The number of aromatic carboxylic acids is 1. The van der Waals surface area contributed by atoms with Crippen LogP contribution in [0.5, 0.6) is 0 Å². The third kappa shape index (κ3) is 4.61. The molecule has 1 unspecified atom stereocenters. The van der Waals surface area contributed by atoms with Crippen LogP contribution in [0.4, 0.5) is 0 Å². The lowest BCUT2D eigenvalue weighted by atomic mass is 9.79. The zero-order chi connectivity index (χ0) is 20.9. The average molecular weight is 386 g/mol. The van der Waals surface area contributed by atoms with E-state index < -0.39 is 23.3 Å². The van der Waals surface area contributed by atoms with Gasteiger partial charge in [0, 0.05) is 17.5 Å². The van der Waals surface area contributed by atoms with Crippen molar-refractivity contribution in [2.24, 2.45) is 11.1 Å². The molecule has 2 aromatic rings. The summed E-state index contributed by atoms with van der Waals surface area (Å²) in [5, 5.41) is 32.7. The maximum Gasteiger partial charge on any atom is 0.339 e. The van der Waals surface area contributed by atoms with Crippen LogP contribution < -0.4 is 5.73 Å². The molecule has 0 fully saturated rings. The van der Waals surface area contributed by atoms with Gasteiger partial charge >= 0.3 is 17.9 Å². The molecular weight excluding hydrogens is 368 g/mol. The van der Waals surface area contributed by atoms with Crippen LogP contribution in [-0.4, -0.2) is 48.4 Å². The lowest BCUT2D eigenvalue weighted by molar-refractivity contribution is -0.145. The molecule has 0 bridgehead atoms. The van der Waals surface area contributed by atoms with E-state index in [-0.39, 0.29) is 23.3 Å². The molecule has 0 amide bonds. The topological polar surface area (TPSA) is 179 Å². The molecule has 10 heteroatoms. The van der Waals surface area contributed by atoms with Crippen molar-refractivity contribution >= 4 is 17.9 Å². The summed E-state index contributed by atoms with van der Waals surface area (Å²) in [4.78, 5) is 36.3. The van der Waals surface area contributed by atoms with E-state index in [1.165, 1.54) is 25.3 Å². The molecule has 0 saturated carbocycles. The number of allylic oxidation sites excluding steroid dienone is 1. The molecule has 0 aromatic carbocycles. The van der Waals surface area contributed by atoms with E-state index in [2.05, 4.69) is 15.2 Å². The van der Waals surface area contributed by atoms with Crippen LogP contribution in [0, 0.1) is 5.41 Å². The van der Waals surface area contributed by atoms with Gasteiger partial charge in [0.15, 0.2) is 0 Å². The summed E-state index contributed by atoms with van der Waals surface area (Å²) >= 11 is 0. The summed E-state index contributed by atoms with van der Waals surface area (Å²) in [7, 11) is 0. The fourth-order valence-electron chi connectivity index (χ4n) is 2.54. The summed E-state index contributed by atoms with van der Waals surface area (Å²) in [6.45, 7) is 1.44. The molecule has 1 aliphatic carbocycles. The van der Waals surface area contributed by atoms with E-state index in [0.717, 1.165) is 0 Å². The number of hydrogen-bond donors (Lipinski definition) is 5. The number of aromatic nitrogens is 3. The van der Waals surface area contributed by atoms with Crippen molar-refractivity contribution in [3.05, 3.63) is 59.6 Å². The first-order valence-corrected chi connectivity index (χ1v) is 7.97. The number of aromatic amines is 1. The summed E-state index contributed by atoms with van der Waals surface area (Å²) in [6, 6.07) is 5.27. The van der Waals surface area contributed by atoms with Crippen LogP contribution in [0.25, 0.3) is 11.4 Å². The number of nitrogens with zero attached hydrogens (tertiary/aromatic N) is 2. The van der Waals surface area contributed by atoms with Gasteiger partial charge in [-0.2, -0.15) is 5.10 Å². The Morgan fingerprint density at radius 2 is 1.89 bits per heavy atom. The molecule has 2 aromatic heterocycles. The largest absolute Gasteiger partial charge is 0.481 e. The Bertz CT molecular complexity index is 963. The predicted molar refractivity (Wildman–Crippen MR) is 97.1 cm³/mol. The molecule has 1 atom stereocenters. The van der Waals surface area contributed by atoms with Crippen LogP contribution in [-0.2, 0) is 9.59 Å². The number of carbonyl (C=O) groups is 3. The summed E-state index contributed by atoms with van der Waals surface area (Å²) in [5.74, 6) is -3.22. The van der Waals surface area contributed by atoms with Crippen LogP contribution in [0.1, 0.15) is 23.7 Å². The molecule has 10 nitrogen and oxygen atoms in total. The monoisotopic (exact) mass is 386 g/mol. The van der Waals surface area contributed by atoms with Crippen molar-refractivity contribution in [3.8, 4) is 11.4 Å². The van der Waals surface area contributed by atoms with E-state index in [9.17, 15) is 14.4 Å². The molecule has 0 saturated heterocycles. The minimum absolute atomic E-state index is 0.0231. The number of aliphatic carboxylic acids is 2. The first kappa shape index (κ1) is 20.4. The molecule has 1 aliphatic rings. The number of carboxylic acids is 3. The number of pyridine rings is 1. The van der Waals surface area contributed by atoms with E-state index in [1.807, 2.05) is 0 Å². The molecule has 2 heterocycles. The zero-order valence-corrected chi connectivity index (χ0v) is 14.8. The van der Waals surface area contributed by atoms with Gasteiger partial charge < -0.3 is 21.1 Å². The summed E-state index contributed by atoms with van der Waals surface area (Å²) in [5.41, 5.74) is 5.55. The predicted octanol–water partition coefficient (Wildman–Crippen LogP) is 1.50. The Kier molecular flexibility index (Phi) is 5.94. The highest BCUT2D eigenvalue weighted by Crippen LogP contribution is 2.32. The fourth-order valence-corrected chi connectivity index (χ4v) is 2.54. The van der Waals surface area contributed by atoms with Crippen molar-refractivity contribution in [2.45, 2.75) is 13.3 Å². The van der Waals surface area contributed by atoms with Gasteiger partial charge in [0.05, 0.1) is 23.0 Å². The van der Waals surface area contributed by atoms with Crippen molar-refractivity contribution in [2.75, 3.05) is 0 Å². The molecule has 3 rings (SSSR count). The maximum atomic E-state index is 10.9. The number of carboxylic acid groups (broad SMARTS) is 3. The van der Waals surface area contributed by atoms with E-state index in [4.69, 9.17) is 21.1 Å². The van der Waals surface area contributed by atoms with E-state index in [0.29, 0.717) is 11.4 Å². The van der Waals surface area contributed by atoms with Gasteiger partial charge in [0.25, 0.3) is 0 Å². The average Bonchev–Trinajstić information content (AvgIpc) is 3.12. The lowest BCUT2D eigenvalue weighted by Crippen LogP contribution is -2.30. The smallest absolute Gasteiger partial charge is 0.339 e. The highest BCUT2D eigenvalue weighted by atomic mass is 16.4. The second-order valence-corrected chi connectivity index (χ2v) is 6.20. The second kappa shape index (κ2) is 8.16. The number of nitrogens with two attached hydrogens (primary N) is 1. The number of nitrogens with one attached hydrogen (secondary N) is 1. The highest BCUT2D eigenvalue weighted by molar-refractivity contribution is 5.94. The number of rotatable bonds is 4. The Labute approximate surface area is 159 Å². The van der Waals surface area contributed by atoms with Gasteiger partial charge in [-0.15, -0.1) is 0 Å². The van der Waals surface area contributed by atoms with E-state index >= 15 is 0 Å². The van der Waals surface area contributed by atoms with Crippen molar-refractivity contribution in [3.63, 3.8) is 0 Å². The minimum Gasteiger partial charge on any atom is -0.481 e. The quantitative estimate of drug-likeness (QED) is 0.520. The van der Waals surface area contributed by atoms with Gasteiger partial charge in [-0.3, -0.25) is 14.9 Å². The Morgan fingerprint density at radius 1 is 1.18 bits per heavy atom. The number of H-pyrrole nitrogens is 1. The third-order valence-electron chi connectivity index (χ3n) is 3.94. The zero-order valence-electron chi connectivity index (χ0n) is 14.8. The summed E-state index contributed by atoms with van der Waals surface area (Å²) in [6.07, 6.45) is 5.47. The molecule has 0 aliphatic heterocycles. The van der Waals surface area contributed by atoms with Gasteiger partial charge in [-0.05, 0) is 37.6 Å². The van der Waals surface area contributed by atoms with Gasteiger partial charge in [0.1, 0.15) is 5.56 Å². The first-order valence-electron chi connectivity index (χ1n) is 7.97. The molecule has 28 heavy (non-hydrogen) atoms. The molecular formula is C18H18N4O6. The van der Waals surface area contributed by atoms with Gasteiger partial charge in [-0.1, -0.05) is 6.07 Å². The molecule has 0 spiro atoms. The van der Waals surface area contributed by atoms with E-state index in [1.54, 1.807) is 24.4 Å². The second-order valence-electron chi connectivity index (χ2n) is 6.20. The minimum atomic E-state index is -1.22. The molecule has 0 radical (unpaired) electrons.